The molecule has 2 aromatic carbocycles. The number of amides is 4. The maximum absolute atomic E-state index is 13.1. The van der Waals surface area contributed by atoms with Crippen LogP contribution in [0.5, 0.6) is 0 Å². The molecule has 1 aliphatic rings. The number of nitrogens with two attached hydrogens (primary N) is 1. The van der Waals surface area contributed by atoms with Crippen LogP contribution in [0.25, 0.3) is 0 Å². The zero-order chi connectivity index (χ0) is 25.3. The minimum absolute atomic E-state index is 0.0692. The highest BCUT2D eigenvalue weighted by atomic mass is 16.2. The maximum atomic E-state index is 13.1. The Hall–Kier alpha value is -4.67. The number of aromatic nitrogens is 2. The summed E-state index contributed by atoms with van der Waals surface area (Å²) in [6, 6.07) is 16.9. The number of aromatic amines is 1. The molecule has 1 fully saturated rings. The third-order valence-electron chi connectivity index (χ3n) is 6.03. The molecule has 3 aromatic rings. The summed E-state index contributed by atoms with van der Waals surface area (Å²) in [6.45, 7) is 0.999. The summed E-state index contributed by atoms with van der Waals surface area (Å²) in [4.78, 5) is 67.6. The molecule has 0 bridgehead atoms. The molecule has 2 heterocycles. The molecule has 0 radical (unpaired) electrons. The number of nitrogen functional groups attached to an aromatic ring is 1. The number of rotatable bonds is 6. The molecule has 0 aliphatic carbocycles. The third kappa shape index (κ3) is 4.19. The van der Waals surface area contributed by atoms with Gasteiger partial charge in [0.05, 0.1) is 6.54 Å². The van der Waals surface area contributed by atoms with Gasteiger partial charge >= 0.3 is 11.7 Å². The van der Waals surface area contributed by atoms with Crippen LogP contribution in [0.15, 0.2) is 70.3 Å². The van der Waals surface area contributed by atoms with Crippen molar-refractivity contribution in [1.82, 2.24) is 19.8 Å². The van der Waals surface area contributed by atoms with Crippen molar-refractivity contribution >= 4 is 29.4 Å². The first-order chi connectivity index (χ1) is 16.6. The lowest BCUT2D eigenvalue weighted by molar-refractivity contribution is -0.134. The highest BCUT2D eigenvalue weighted by molar-refractivity contribution is 6.10. The van der Waals surface area contributed by atoms with Crippen molar-refractivity contribution in [1.29, 1.82) is 0 Å². The molecule has 1 saturated heterocycles. The Labute approximate surface area is 199 Å². The van der Waals surface area contributed by atoms with Crippen LogP contribution in [0.4, 0.5) is 16.3 Å². The second-order valence-electron chi connectivity index (χ2n) is 8.33. The fourth-order valence-corrected chi connectivity index (χ4v) is 4.00. The number of imide groups is 1. The Morgan fingerprint density at radius 1 is 1.00 bits per heavy atom. The van der Waals surface area contributed by atoms with E-state index < -0.39 is 41.2 Å². The average molecular weight is 476 g/mol. The molecule has 0 spiro atoms. The number of hydrogen-bond acceptors (Lipinski definition) is 6. The first-order valence-electron chi connectivity index (χ1n) is 10.8. The van der Waals surface area contributed by atoms with Crippen molar-refractivity contribution in [3.63, 3.8) is 0 Å². The summed E-state index contributed by atoms with van der Waals surface area (Å²) >= 11 is 0. The molecule has 1 atom stereocenters. The van der Waals surface area contributed by atoms with Gasteiger partial charge in [0.15, 0.2) is 5.69 Å². The third-order valence-corrected chi connectivity index (χ3v) is 6.03. The summed E-state index contributed by atoms with van der Waals surface area (Å²) < 4.78 is 1.13. The number of hydrogen-bond donors (Lipinski definition) is 3. The Bertz CT molecular complexity index is 1420. The van der Waals surface area contributed by atoms with E-state index in [2.05, 4.69) is 10.3 Å². The molecule has 1 aliphatic heterocycles. The van der Waals surface area contributed by atoms with Crippen LogP contribution >= 0.6 is 0 Å². The minimum Gasteiger partial charge on any atom is -0.383 e. The van der Waals surface area contributed by atoms with Gasteiger partial charge in [-0.05, 0) is 18.1 Å². The van der Waals surface area contributed by atoms with Crippen molar-refractivity contribution in [2.45, 2.75) is 19.0 Å². The van der Waals surface area contributed by atoms with Gasteiger partial charge in [0.25, 0.3) is 11.5 Å². The van der Waals surface area contributed by atoms with E-state index in [1.165, 1.54) is 7.05 Å². The van der Waals surface area contributed by atoms with E-state index in [4.69, 9.17) is 5.73 Å². The number of carbonyl (C=O) groups excluding carboxylic acids is 3. The predicted molar refractivity (Wildman–Crippen MR) is 129 cm³/mol. The van der Waals surface area contributed by atoms with Gasteiger partial charge in [0.2, 0.25) is 5.91 Å². The van der Waals surface area contributed by atoms with Gasteiger partial charge in [-0.15, -0.1) is 0 Å². The molecule has 0 saturated carbocycles. The van der Waals surface area contributed by atoms with Crippen LogP contribution in [-0.4, -0.2) is 45.9 Å². The number of benzene rings is 2. The lowest BCUT2D eigenvalue weighted by Gasteiger charge is -2.24. The SMILES string of the molecule is CN(C(=O)CN1C(=O)NC(C)(c2ccccc2)C1=O)c1c(N)n(Cc2ccccc2)c(=O)[nH]c1=O. The van der Waals surface area contributed by atoms with Crippen LogP contribution < -0.4 is 27.2 Å². The highest BCUT2D eigenvalue weighted by Gasteiger charge is 2.49. The Morgan fingerprint density at radius 3 is 2.23 bits per heavy atom. The van der Waals surface area contributed by atoms with Gasteiger partial charge in [-0.25, -0.2) is 9.59 Å². The smallest absolute Gasteiger partial charge is 0.330 e. The quantitative estimate of drug-likeness (QED) is 0.443. The van der Waals surface area contributed by atoms with Crippen molar-refractivity contribution in [2.75, 3.05) is 24.2 Å². The lowest BCUT2D eigenvalue weighted by atomic mass is 9.92. The predicted octanol–water partition coefficient (Wildman–Crippen LogP) is 0.597. The van der Waals surface area contributed by atoms with Gasteiger partial charge in [-0.1, -0.05) is 60.7 Å². The summed E-state index contributed by atoms with van der Waals surface area (Å²) in [5.74, 6) is -1.57. The molecule has 180 valence electrons. The van der Waals surface area contributed by atoms with Crippen LogP contribution in [0.3, 0.4) is 0 Å². The summed E-state index contributed by atoms with van der Waals surface area (Å²) in [5, 5.41) is 2.63. The number of carbonyl (C=O) groups is 3. The van der Waals surface area contributed by atoms with Crippen molar-refractivity contribution in [2.24, 2.45) is 0 Å². The first-order valence-corrected chi connectivity index (χ1v) is 10.8. The molecular formula is C24H24N6O5. The molecule has 1 aromatic heterocycles. The minimum atomic E-state index is -1.34. The second kappa shape index (κ2) is 8.93. The van der Waals surface area contributed by atoms with E-state index in [1.54, 1.807) is 61.5 Å². The van der Waals surface area contributed by atoms with E-state index in [0.29, 0.717) is 5.56 Å². The number of anilines is 2. The molecule has 11 nitrogen and oxygen atoms in total. The largest absolute Gasteiger partial charge is 0.383 e. The van der Waals surface area contributed by atoms with Gasteiger partial charge in [0, 0.05) is 7.05 Å². The molecule has 1 unspecified atom stereocenters. The lowest BCUT2D eigenvalue weighted by Crippen LogP contribution is -2.46. The zero-order valence-corrected chi connectivity index (χ0v) is 19.1. The summed E-state index contributed by atoms with van der Waals surface area (Å²) in [5.41, 5.74) is 4.28. The number of likely N-dealkylation sites (N-methyl/N-ethyl adjacent to an activating group) is 1. The molecule has 4 N–H and O–H groups in total. The van der Waals surface area contributed by atoms with Gasteiger partial charge in [-0.2, -0.15) is 0 Å². The Morgan fingerprint density at radius 2 is 1.60 bits per heavy atom. The topological polar surface area (TPSA) is 151 Å². The summed E-state index contributed by atoms with van der Waals surface area (Å²) in [6.07, 6.45) is 0. The van der Waals surface area contributed by atoms with Crippen LogP contribution in [0.1, 0.15) is 18.1 Å². The van der Waals surface area contributed by atoms with Crippen LogP contribution in [0, 0.1) is 0 Å². The van der Waals surface area contributed by atoms with Crippen molar-refractivity contribution in [3.05, 3.63) is 92.6 Å². The fourth-order valence-electron chi connectivity index (χ4n) is 4.00. The molecule has 4 rings (SSSR count). The highest BCUT2D eigenvalue weighted by Crippen LogP contribution is 2.28. The molecular weight excluding hydrogens is 452 g/mol. The monoisotopic (exact) mass is 476 g/mol. The normalized spacial score (nSPS) is 17.4. The van der Waals surface area contributed by atoms with E-state index >= 15 is 0 Å². The number of H-pyrrole nitrogens is 1. The Kier molecular flexibility index (Phi) is 6.00. The molecule has 4 amide bonds. The molecule has 35 heavy (non-hydrogen) atoms. The van der Waals surface area contributed by atoms with E-state index in [9.17, 15) is 24.0 Å². The average Bonchev–Trinajstić information content (AvgIpc) is 3.06. The van der Waals surface area contributed by atoms with E-state index in [1.807, 2.05) is 6.07 Å². The van der Waals surface area contributed by atoms with E-state index in [0.717, 1.165) is 19.9 Å². The van der Waals surface area contributed by atoms with Crippen molar-refractivity contribution in [3.8, 4) is 0 Å². The Balaban J connectivity index is 1.60. The standard InChI is InChI=1S/C24H24N6O5/c1-24(16-11-7-4-8-12-16)21(33)30(23(35)27-24)14-17(31)28(2)18-19(25)29(22(34)26-20(18)32)13-15-9-5-3-6-10-15/h3-12H,13-14,25H2,1-2H3,(H,27,35)(H,26,32,34). The van der Waals surface area contributed by atoms with Crippen LogP contribution in [0.2, 0.25) is 0 Å². The molecule has 11 heteroatoms. The van der Waals surface area contributed by atoms with Gasteiger partial charge < -0.3 is 16.0 Å². The van der Waals surface area contributed by atoms with Gasteiger partial charge in [0.1, 0.15) is 17.9 Å². The second-order valence-corrected chi connectivity index (χ2v) is 8.33. The maximum Gasteiger partial charge on any atom is 0.330 e. The van der Waals surface area contributed by atoms with Crippen LogP contribution in [-0.2, 0) is 21.7 Å². The number of urea groups is 1. The number of nitrogens with zero attached hydrogens (tertiary/aromatic N) is 3. The van der Waals surface area contributed by atoms with E-state index in [-0.39, 0.29) is 18.1 Å². The zero-order valence-electron chi connectivity index (χ0n) is 19.1. The van der Waals surface area contributed by atoms with Gasteiger partial charge in [-0.3, -0.25) is 28.8 Å². The summed E-state index contributed by atoms with van der Waals surface area (Å²) in [7, 11) is 1.29. The van der Waals surface area contributed by atoms with Crippen molar-refractivity contribution < 1.29 is 14.4 Å². The number of nitrogens with one attached hydrogen (secondary N) is 2. The first kappa shape index (κ1) is 23.5. The fraction of sp³-hybridized carbons (Fsp3) is 0.208.